The van der Waals surface area contributed by atoms with Crippen LogP contribution in [-0.2, 0) is 0 Å². The second-order valence-electron chi connectivity index (χ2n) is 5.21. The Bertz CT molecular complexity index is 459. The monoisotopic (exact) mass is 264 g/mol. The van der Waals surface area contributed by atoms with Gasteiger partial charge in [-0.05, 0) is 51.3 Å². The Balaban J connectivity index is 2.23. The molecule has 1 aromatic rings. The quantitative estimate of drug-likeness (QED) is 0.911. The van der Waals surface area contributed by atoms with E-state index < -0.39 is 5.82 Å². The Morgan fingerprint density at radius 3 is 3.00 bits per heavy atom. The van der Waals surface area contributed by atoms with Gasteiger partial charge >= 0.3 is 0 Å². The van der Waals surface area contributed by atoms with Crippen LogP contribution in [0.3, 0.4) is 0 Å². The summed E-state index contributed by atoms with van der Waals surface area (Å²) < 4.78 is 13.8. The highest BCUT2D eigenvalue weighted by molar-refractivity contribution is 5.95. The molecule has 0 bridgehead atoms. The van der Waals surface area contributed by atoms with Gasteiger partial charge in [-0.1, -0.05) is 11.6 Å². The first-order valence-electron chi connectivity index (χ1n) is 6.90. The average molecular weight is 264 g/mol. The largest absolute Gasteiger partial charge is 0.336 e. The first-order chi connectivity index (χ1) is 9.13. The van der Waals surface area contributed by atoms with Crippen LogP contribution >= 0.6 is 0 Å². The fourth-order valence-electron chi connectivity index (χ4n) is 2.72. The van der Waals surface area contributed by atoms with Crippen molar-refractivity contribution in [3.8, 4) is 0 Å². The molecular formula is C15H21FN2O. The van der Waals surface area contributed by atoms with Crippen molar-refractivity contribution in [1.82, 2.24) is 4.90 Å². The van der Waals surface area contributed by atoms with Gasteiger partial charge in [-0.15, -0.1) is 0 Å². The minimum Gasteiger partial charge on any atom is -0.336 e. The van der Waals surface area contributed by atoms with Crippen molar-refractivity contribution in [2.45, 2.75) is 38.6 Å². The predicted octanol–water partition coefficient (Wildman–Crippen LogP) is 2.48. The van der Waals surface area contributed by atoms with Crippen LogP contribution in [-0.4, -0.2) is 29.9 Å². The van der Waals surface area contributed by atoms with Crippen LogP contribution in [0.15, 0.2) is 18.2 Å². The molecule has 104 valence electrons. The number of carbonyl (C=O) groups excluding carboxylic acids is 1. The number of likely N-dealkylation sites (tertiary alicyclic amines) is 1. The van der Waals surface area contributed by atoms with Crippen LogP contribution in [0, 0.1) is 12.7 Å². The number of hydrogen-bond acceptors (Lipinski definition) is 2. The molecule has 0 aromatic heterocycles. The maximum Gasteiger partial charge on any atom is 0.257 e. The molecule has 4 heteroatoms. The summed E-state index contributed by atoms with van der Waals surface area (Å²) in [6.45, 7) is 3.13. The molecule has 0 spiro atoms. The molecule has 1 aliphatic heterocycles. The van der Waals surface area contributed by atoms with Crippen molar-refractivity contribution in [1.29, 1.82) is 0 Å². The van der Waals surface area contributed by atoms with Crippen molar-refractivity contribution in [2.75, 3.05) is 13.1 Å². The van der Waals surface area contributed by atoms with Crippen molar-refractivity contribution >= 4 is 5.91 Å². The van der Waals surface area contributed by atoms with Crippen LogP contribution in [0.4, 0.5) is 4.39 Å². The third-order valence-electron chi connectivity index (χ3n) is 3.74. The highest BCUT2D eigenvalue weighted by atomic mass is 19.1. The van der Waals surface area contributed by atoms with Crippen LogP contribution in [0.5, 0.6) is 0 Å². The highest BCUT2D eigenvalue weighted by Gasteiger charge is 2.28. The molecule has 0 radical (unpaired) electrons. The summed E-state index contributed by atoms with van der Waals surface area (Å²) >= 11 is 0. The zero-order valence-corrected chi connectivity index (χ0v) is 11.4. The fourth-order valence-corrected chi connectivity index (χ4v) is 2.72. The van der Waals surface area contributed by atoms with E-state index in [9.17, 15) is 9.18 Å². The van der Waals surface area contributed by atoms with Gasteiger partial charge in [-0.3, -0.25) is 4.79 Å². The number of amides is 1. The minimum atomic E-state index is -0.437. The Hall–Kier alpha value is -1.42. The van der Waals surface area contributed by atoms with E-state index in [-0.39, 0.29) is 17.5 Å². The summed E-state index contributed by atoms with van der Waals surface area (Å²) in [5.41, 5.74) is 6.69. The number of aryl methyl sites for hydroxylation is 1. The molecule has 1 aliphatic rings. The Morgan fingerprint density at radius 2 is 2.26 bits per heavy atom. The van der Waals surface area contributed by atoms with Gasteiger partial charge in [0.2, 0.25) is 0 Å². The maximum atomic E-state index is 13.8. The molecule has 2 rings (SSSR count). The van der Waals surface area contributed by atoms with E-state index in [4.69, 9.17) is 5.73 Å². The number of halogens is 1. The molecule has 0 aliphatic carbocycles. The molecular weight excluding hydrogens is 243 g/mol. The van der Waals surface area contributed by atoms with E-state index in [0.29, 0.717) is 13.1 Å². The van der Waals surface area contributed by atoms with Gasteiger partial charge in [-0.25, -0.2) is 4.39 Å². The van der Waals surface area contributed by atoms with Gasteiger partial charge in [-0.2, -0.15) is 0 Å². The molecule has 1 saturated heterocycles. The lowest BCUT2D eigenvalue weighted by atomic mass is 9.98. The molecule has 3 nitrogen and oxygen atoms in total. The standard InChI is InChI=1S/C15H21FN2O/c1-11-5-6-14(16)13(10-11)15(19)18-9-3-2-4-12(18)7-8-17/h5-6,10,12H,2-4,7-9,17H2,1H3. The Kier molecular flexibility index (Phi) is 4.53. The van der Waals surface area contributed by atoms with E-state index in [0.717, 1.165) is 31.2 Å². The maximum absolute atomic E-state index is 13.8. The summed E-state index contributed by atoms with van der Waals surface area (Å²) in [6.07, 6.45) is 3.86. The molecule has 1 aromatic carbocycles. The van der Waals surface area contributed by atoms with Gasteiger partial charge in [0.05, 0.1) is 5.56 Å². The first kappa shape index (κ1) is 14.0. The summed E-state index contributed by atoms with van der Waals surface area (Å²) in [6, 6.07) is 4.83. The van der Waals surface area contributed by atoms with Crippen molar-refractivity contribution in [3.63, 3.8) is 0 Å². The topological polar surface area (TPSA) is 46.3 Å². The molecule has 1 amide bonds. The molecule has 2 N–H and O–H groups in total. The minimum absolute atomic E-state index is 0.158. The Labute approximate surface area is 113 Å². The zero-order chi connectivity index (χ0) is 13.8. The number of benzene rings is 1. The van der Waals surface area contributed by atoms with Gasteiger partial charge in [0, 0.05) is 12.6 Å². The lowest BCUT2D eigenvalue weighted by molar-refractivity contribution is 0.0600. The molecule has 19 heavy (non-hydrogen) atoms. The van der Waals surface area contributed by atoms with Gasteiger partial charge in [0.25, 0.3) is 5.91 Å². The van der Waals surface area contributed by atoms with Gasteiger partial charge < -0.3 is 10.6 Å². The number of carbonyl (C=O) groups is 1. The summed E-state index contributed by atoms with van der Waals surface area (Å²) in [5.74, 6) is -0.632. The van der Waals surface area contributed by atoms with E-state index in [1.165, 1.54) is 6.07 Å². The van der Waals surface area contributed by atoms with E-state index in [2.05, 4.69) is 0 Å². The summed E-state index contributed by atoms with van der Waals surface area (Å²) in [4.78, 5) is 14.3. The fraction of sp³-hybridized carbons (Fsp3) is 0.533. The predicted molar refractivity (Wildman–Crippen MR) is 73.5 cm³/mol. The summed E-state index contributed by atoms with van der Waals surface area (Å²) in [7, 11) is 0. The molecule has 1 fully saturated rings. The molecule has 0 saturated carbocycles. The first-order valence-corrected chi connectivity index (χ1v) is 6.90. The third-order valence-corrected chi connectivity index (χ3v) is 3.74. The van der Waals surface area contributed by atoms with Crippen molar-refractivity contribution in [2.24, 2.45) is 5.73 Å². The lowest BCUT2D eigenvalue weighted by Gasteiger charge is -2.35. The summed E-state index contributed by atoms with van der Waals surface area (Å²) in [5, 5.41) is 0. The molecule has 1 atom stereocenters. The number of piperidine rings is 1. The number of nitrogens with two attached hydrogens (primary N) is 1. The highest BCUT2D eigenvalue weighted by Crippen LogP contribution is 2.23. The van der Waals surface area contributed by atoms with Gasteiger partial charge in [0.1, 0.15) is 5.82 Å². The Morgan fingerprint density at radius 1 is 1.47 bits per heavy atom. The van der Waals surface area contributed by atoms with Crippen molar-refractivity contribution < 1.29 is 9.18 Å². The molecule has 1 heterocycles. The second kappa shape index (κ2) is 6.15. The second-order valence-corrected chi connectivity index (χ2v) is 5.21. The number of hydrogen-bond donors (Lipinski definition) is 1. The van der Waals surface area contributed by atoms with Crippen LogP contribution < -0.4 is 5.73 Å². The van der Waals surface area contributed by atoms with E-state index in [1.54, 1.807) is 17.0 Å². The SMILES string of the molecule is Cc1ccc(F)c(C(=O)N2CCCCC2CCN)c1. The van der Waals surface area contributed by atoms with Crippen LogP contribution in [0.25, 0.3) is 0 Å². The van der Waals surface area contributed by atoms with Crippen LogP contribution in [0.1, 0.15) is 41.6 Å². The van der Waals surface area contributed by atoms with E-state index in [1.807, 2.05) is 6.92 Å². The average Bonchev–Trinajstić information content (AvgIpc) is 2.42. The molecule has 1 unspecified atom stereocenters. The number of rotatable bonds is 3. The normalized spacial score (nSPS) is 19.5. The lowest BCUT2D eigenvalue weighted by Crippen LogP contribution is -2.44. The van der Waals surface area contributed by atoms with Gasteiger partial charge in [0.15, 0.2) is 0 Å². The third kappa shape index (κ3) is 3.13. The smallest absolute Gasteiger partial charge is 0.257 e. The van der Waals surface area contributed by atoms with Crippen LogP contribution in [0.2, 0.25) is 0 Å². The zero-order valence-electron chi connectivity index (χ0n) is 11.4. The van der Waals surface area contributed by atoms with E-state index >= 15 is 0 Å². The number of nitrogens with zero attached hydrogens (tertiary/aromatic N) is 1. The van der Waals surface area contributed by atoms with Crippen molar-refractivity contribution in [3.05, 3.63) is 35.1 Å².